The fourth-order valence-electron chi connectivity index (χ4n) is 9.54. The molecule has 338 valence electrons. The Labute approximate surface area is 377 Å². The number of H-pyrrole nitrogens is 2. The first-order valence-electron chi connectivity index (χ1n) is 22.1. The van der Waals surface area contributed by atoms with Gasteiger partial charge in [0.25, 0.3) is 0 Å². The van der Waals surface area contributed by atoms with Crippen LogP contribution in [0.5, 0.6) is 5.75 Å². The van der Waals surface area contributed by atoms with E-state index in [1.807, 2.05) is 38.1 Å². The Kier molecular flexibility index (Phi) is 11.1. The Balaban J connectivity index is 0.963. The lowest BCUT2D eigenvalue weighted by Crippen LogP contribution is -2.51. The summed E-state index contributed by atoms with van der Waals surface area (Å²) in [4.78, 5) is 72.6. The largest absolute Gasteiger partial charge is 0.464 e. The molecule has 16 nitrogen and oxygen atoms in total. The van der Waals surface area contributed by atoms with Crippen LogP contribution in [0.15, 0.2) is 60.9 Å². The summed E-state index contributed by atoms with van der Waals surface area (Å²) in [6, 6.07) is 14.4. The van der Waals surface area contributed by atoms with Crippen LogP contribution in [-0.4, -0.2) is 98.2 Å². The minimum atomic E-state index is -0.737. The summed E-state index contributed by atoms with van der Waals surface area (Å²) in [7, 11) is 2.52. The van der Waals surface area contributed by atoms with Crippen molar-refractivity contribution < 1.29 is 37.8 Å². The van der Waals surface area contributed by atoms with Gasteiger partial charge in [0.05, 0.1) is 71.7 Å². The molecule has 65 heavy (non-hydrogen) atoms. The normalized spacial score (nSPS) is 19.5. The number of aromatic nitrogens is 5. The van der Waals surface area contributed by atoms with Crippen molar-refractivity contribution in [2.75, 3.05) is 33.9 Å². The monoisotopic (exact) mass is 903 g/mol. The minimum absolute atomic E-state index is 0.148. The zero-order valence-electron chi connectivity index (χ0n) is 36.5. The van der Waals surface area contributed by atoms with E-state index in [1.165, 1.54) is 38.0 Å². The summed E-state index contributed by atoms with van der Waals surface area (Å²) in [5, 5.41) is 6.05. The van der Waals surface area contributed by atoms with Crippen LogP contribution in [0.1, 0.15) is 98.0 Å². The number of hydrogen-bond acceptors (Lipinski definition) is 10. The molecule has 1 aliphatic carbocycles. The van der Waals surface area contributed by atoms with E-state index in [2.05, 4.69) is 53.1 Å². The third-order valence-corrected chi connectivity index (χ3v) is 14.3. The molecular formula is C47H50FN9O7S. The maximum atomic E-state index is 16.8. The van der Waals surface area contributed by atoms with Crippen molar-refractivity contribution in [3.05, 3.63) is 88.1 Å². The zero-order chi connectivity index (χ0) is 45.1. The number of amides is 4. The van der Waals surface area contributed by atoms with Crippen LogP contribution in [0.4, 0.5) is 14.0 Å². The molecule has 1 unspecified atom stereocenters. The van der Waals surface area contributed by atoms with Gasteiger partial charge in [-0.05, 0) is 92.8 Å². The first-order valence-corrected chi connectivity index (χ1v) is 22.9. The molecule has 4 amide bonds. The highest BCUT2D eigenvalue weighted by Gasteiger charge is 2.39. The summed E-state index contributed by atoms with van der Waals surface area (Å²) in [6.07, 6.45) is 6.87. The molecule has 4 aliphatic rings. The van der Waals surface area contributed by atoms with Gasteiger partial charge in [-0.2, -0.15) is 0 Å². The second-order valence-electron chi connectivity index (χ2n) is 17.5. The number of hydrogen-bond donors (Lipinski definition) is 4. The zero-order valence-corrected chi connectivity index (χ0v) is 37.3. The lowest BCUT2D eigenvalue weighted by molar-refractivity contribution is -0.135. The van der Waals surface area contributed by atoms with Gasteiger partial charge in [0, 0.05) is 34.5 Å². The van der Waals surface area contributed by atoms with Crippen molar-refractivity contribution in [3.8, 4) is 39.5 Å². The smallest absolute Gasteiger partial charge is 0.407 e. The third-order valence-electron chi connectivity index (χ3n) is 13.0. The number of carbonyl (C=O) groups excluding carboxylic acids is 4. The molecule has 6 aromatic rings. The van der Waals surface area contributed by atoms with Crippen LogP contribution < -0.4 is 15.4 Å². The topological polar surface area (TPSA) is 189 Å². The first-order chi connectivity index (χ1) is 31.5. The summed E-state index contributed by atoms with van der Waals surface area (Å²) in [5.74, 6) is 1.18. The molecule has 0 radical (unpaired) electrons. The highest BCUT2D eigenvalue weighted by atomic mass is 32.1. The number of nitrogens with one attached hydrogen (secondary N) is 4. The van der Waals surface area contributed by atoms with Gasteiger partial charge in [0.1, 0.15) is 35.8 Å². The van der Waals surface area contributed by atoms with Gasteiger partial charge in [0.2, 0.25) is 18.0 Å². The van der Waals surface area contributed by atoms with E-state index in [0.29, 0.717) is 65.3 Å². The van der Waals surface area contributed by atoms with Gasteiger partial charge in [-0.25, -0.2) is 23.9 Å². The Hall–Kier alpha value is -6.69. The maximum Gasteiger partial charge on any atom is 0.407 e. The Morgan fingerprint density at radius 2 is 1.52 bits per heavy atom. The molecule has 7 heterocycles. The minimum Gasteiger partial charge on any atom is -0.464 e. The number of thiophene rings is 1. The van der Waals surface area contributed by atoms with Gasteiger partial charge >= 0.3 is 12.2 Å². The molecule has 10 rings (SSSR count). The Morgan fingerprint density at radius 1 is 0.846 bits per heavy atom. The molecule has 0 bridgehead atoms. The van der Waals surface area contributed by atoms with Crippen molar-refractivity contribution >= 4 is 46.2 Å². The Morgan fingerprint density at radius 3 is 2.22 bits per heavy atom. The molecule has 2 aromatic carbocycles. The van der Waals surface area contributed by atoms with Crippen LogP contribution in [-0.2, 0) is 19.1 Å². The number of fused-ring (bicyclic) bond motifs is 5. The molecule has 4 N–H and O–H groups in total. The lowest BCUT2D eigenvalue weighted by Gasteiger charge is -2.30. The maximum absolute atomic E-state index is 16.8. The van der Waals surface area contributed by atoms with E-state index >= 15 is 4.39 Å². The van der Waals surface area contributed by atoms with E-state index in [9.17, 15) is 19.2 Å². The number of ether oxygens (including phenoxy) is 3. The number of carbonyl (C=O) groups is 4. The van der Waals surface area contributed by atoms with Crippen molar-refractivity contribution in [1.82, 2.24) is 44.9 Å². The average molecular weight is 904 g/mol. The van der Waals surface area contributed by atoms with Crippen molar-refractivity contribution in [1.29, 1.82) is 0 Å². The van der Waals surface area contributed by atoms with E-state index in [1.54, 1.807) is 33.5 Å². The fraction of sp³-hybridized carbons (Fsp3) is 0.404. The van der Waals surface area contributed by atoms with Crippen molar-refractivity contribution in [2.24, 2.45) is 5.92 Å². The number of benzene rings is 2. The van der Waals surface area contributed by atoms with E-state index < -0.39 is 30.3 Å². The highest BCUT2D eigenvalue weighted by Crippen LogP contribution is 2.50. The molecule has 1 saturated carbocycles. The number of methoxy groups -OCH3 is 2. The molecule has 4 atom stereocenters. The Bertz CT molecular complexity index is 2830. The predicted molar refractivity (Wildman–Crippen MR) is 240 cm³/mol. The molecule has 0 spiro atoms. The number of nitrogens with zero attached hydrogens (tertiary/aromatic N) is 5. The quantitative estimate of drug-likeness (QED) is 0.0995. The lowest BCUT2D eigenvalue weighted by atomic mass is 10.0. The van der Waals surface area contributed by atoms with E-state index in [-0.39, 0.29) is 36.4 Å². The van der Waals surface area contributed by atoms with Gasteiger partial charge in [0.15, 0.2) is 0 Å². The summed E-state index contributed by atoms with van der Waals surface area (Å²) in [6.45, 7) is 4.65. The van der Waals surface area contributed by atoms with Crippen LogP contribution in [0.3, 0.4) is 0 Å². The van der Waals surface area contributed by atoms with Crippen LogP contribution in [0.2, 0.25) is 0 Å². The van der Waals surface area contributed by atoms with Crippen LogP contribution >= 0.6 is 11.3 Å². The standard InChI is InChI=1S/C47H50FN9O7S/c1-24(2)41(54-47(61)63-4)44(59)56-16-6-8-34(56)43-49-21-30(52-43)26-11-12-32-28(17-26)19-35-40-29(48)18-27(20-36(40)64-45(57(32)35)38-14-13-37(65-38)25-9-10-25)31-22-50-42(53-31)33-7-5-15-55(33)39(58)23-51-46(60)62-3/h11-14,17-22,24-25,33-34,41,45H,5-10,15-16,23H2,1-4H3,(H,49,52)(H,50,53)(H,51,60)(H,54,61)/t33-,34-,41?,45-/m0/s1. The molecule has 4 aromatic heterocycles. The fourth-order valence-corrected chi connectivity index (χ4v) is 10.7. The van der Waals surface area contributed by atoms with Crippen molar-refractivity contribution in [3.63, 3.8) is 0 Å². The average Bonchev–Trinajstić information content (AvgIpc) is 4.03. The first kappa shape index (κ1) is 42.3. The second-order valence-corrected chi connectivity index (χ2v) is 18.6. The molecule has 18 heteroatoms. The van der Waals surface area contributed by atoms with Crippen molar-refractivity contribution in [2.45, 2.75) is 82.6 Å². The van der Waals surface area contributed by atoms with Gasteiger partial charge < -0.3 is 44.6 Å². The molecule has 2 saturated heterocycles. The molecule has 3 aliphatic heterocycles. The van der Waals surface area contributed by atoms with E-state index in [0.717, 1.165) is 46.3 Å². The number of imidazole rings is 2. The van der Waals surface area contributed by atoms with Gasteiger partial charge in [-0.15, -0.1) is 11.3 Å². The van der Waals surface area contributed by atoms with Crippen LogP contribution in [0.25, 0.3) is 44.7 Å². The van der Waals surface area contributed by atoms with Gasteiger partial charge in [-0.3, -0.25) is 14.2 Å². The number of rotatable bonds is 11. The third kappa shape index (κ3) is 7.86. The molecular weight excluding hydrogens is 854 g/mol. The molecule has 3 fully saturated rings. The van der Waals surface area contributed by atoms with E-state index in [4.69, 9.17) is 14.5 Å². The van der Waals surface area contributed by atoms with Crippen LogP contribution in [0, 0.1) is 11.7 Å². The summed E-state index contributed by atoms with van der Waals surface area (Å²) in [5.41, 5.74) is 4.70. The predicted octanol–water partition coefficient (Wildman–Crippen LogP) is 8.17. The highest BCUT2D eigenvalue weighted by molar-refractivity contribution is 7.12. The summed E-state index contributed by atoms with van der Waals surface area (Å²) >= 11 is 1.73. The number of likely N-dealkylation sites (tertiary alicyclic amines) is 2. The number of aromatic amines is 2. The number of halogens is 1. The number of alkyl carbamates (subject to hydrolysis) is 2. The van der Waals surface area contributed by atoms with Gasteiger partial charge in [-0.1, -0.05) is 19.9 Å². The summed E-state index contributed by atoms with van der Waals surface area (Å²) < 4.78 is 35.2. The second kappa shape index (κ2) is 17.0. The SMILES string of the molecule is COC(=O)NCC(=O)N1CCC[C@H]1c1ncc(-c2cc(F)c3c(c2)O[C@@H](c2ccc(C4CC4)s2)n2c-3cc3cc(-c4cnc([C@@H]5CCCN5C(=O)C(NC(=O)OC)C(C)C)[nH]4)ccc32)[nH]1.